The Labute approximate surface area is 138 Å². The molecule has 118 valence electrons. The largest absolute Gasteiger partial charge is 0.378 e. The van der Waals surface area contributed by atoms with Crippen LogP contribution in [0.3, 0.4) is 0 Å². The summed E-state index contributed by atoms with van der Waals surface area (Å²) in [5.74, 6) is 0.655. The number of morpholine rings is 1. The molecule has 3 aromatic rings. The van der Waals surface area contributed by atoms with E-state index in [-0.39, 0.29) is 0 Å². The molecule has 0 unspecified atom stereocenters. The summed E-state index contributed by atoms with van der Waals surface area (Å²) in [5, 5.41) is 5.80. The average Bonchev–Trinajstić information content (AvgIpc) is 2.96. The van der Waals surface area contributed by atoms with Crippen molar-refractivity contribution < 1.29 is 4.74 Å². The van der Waals surface area contributed by atoms with E-state index in [1.54, 1.807) is 6.07 Å². The third-order valence-electron chi connectivity index (χ3n) is 4.02. The zero-order valence-corrected chi connectivity index (χ0v) is 13.5. The topological polar surface area (TPSA) is 56.1 Å². The number of halogens is 1. The van der Waals surface area contributed by atoms with Crippen LogP contribution in [0.15, 0.2) is 30.5 Å². The Hall–Kier alpha value is -2.18. The van der Waals surface area contributed by atoms with E-state index >= 15 is 0 Å². The smallest absolute Gasteiger partial charge is 0.227 e. The number of benzene rings is 1. The Bertz CT molecular complexity index is 857. The summed E-state index contributed by atoms with van der Waals surface area (Å²) in [5.41, 5.74) is 2.91. The van der Waals surface area contributed by atoms with Gasteiger partial charge in [0.05, 0.1) is 30.6 Å². The van der Waals surface area contributed by atoms with Crippen LogP contribution in [0.5, 0.6) is 0 Å². The van der Waals surface area contributed by atoms with Crippen LogP contribution in [0.4, 0.5) is 5.95 Å². The molecule has 23 heavy (non-hydrogen) atoms. The highest BCUT2D eigenvalue weighted by atomic mass is 35.5. The van der Waals surface area contributed by atoms with Crippen molar-refractivity contribution >= 4 is 28.5 Å². The molecule has 2 aromatic heterocycles. The molecule has 0 spiro atoms. The maximum Gasteiger partial charge on any atom is 0.227 e. The molecule has 6 nitrogen and oxygen atoms in total. The normalized spacial score (nSPS) is 15.3. The first-order chi connectivity index (χ1) is 11.2. The number of aromatic nitrogens is 4. The Morgan fingerprint density at radius 3 is 2.78 bits per heavy atom. The summed E-state index contributed by atoms with van der Waals surface area (Å²) < 4.78 is 7.23. The van der Waals surface area contributed by atoms with Gasteiger partial charge in [0.15, 0.2) is 0 Å². The van der Waals surface area contributed by atoms with Crippen molar-refractivity contribution in [3.8, 4) is 11.3 Å². The van der Waals surface area contributed by atoms with Gasteiger partial charge in [0, 0.05) is 37.2 Å². The second kappa shape index (κ2) is 5.79. The molecule has 0 saturated carbocycles. The van der Waals surface area contributed by atoms with Crippen LogP contribution >= 0.6 is 11.6 Å². The van der Waals surface area contributed by atoms with Crippen molar-refractivity contribution in [1.82, 2.24) is 19.7 Å². The second-order valence-electron chi connectivity index (χ2n) is 5.52. The summed E-state index contributed by atoms with van der Waals surface area (Å²) >= 11 is 6.22. The molecule has 0 radical (unpaired) electrons. The number of fused-ring (bicyclic) bond motifs is 1. The van der Waals surface area contributed by atoms with Gasteiger partial charge in [-0.15, -0.1) is 0 Å². The van der Waals surface area contributed by atoms with Crippen molar-refractivity contribution in [3.63, 3.8) is 0 Å². The zero-order valence-electron chi connectivity index (χ0n) is 12.7. The Morgan fingerprint density at radius 1 is 1.13 bits per heavy atom. The fourth-order valence-corrected chi connectivity index (χ4v) is 2.96. The zero-order chi connectivity index (χ0) is 15.8. The lowest BCUT2D eigenvalue weighted by Gasteiger charge is -2.27. The van der Waals surface area contributed by atoms with Gasteiger partial charge in [-0.3, -0.25) is 4.68 Å². The van der Waals surface area contributed by atoms with Gasteiger partial charge in [-0.1, -0.05) is 17.7 Å². The summed E-state index contributed by atoms with van der Waals surface area (Å²) in [6.07, 6.45) is 1.85. The molecule has 0 amide bonds. The molecule has 7 heteroatoms. The first kappa shape index (κ1) is 14.4. The van der Waals surface area contributed by atoms with E-state index in [4.69, 9.17) is 16.3 Å². The predicted molar refractivity (Wildman–Crippen MR) is 89.8 cm³/mol. The lowest BCUT2D eigenvalue weighted by molar-refractivity contribution is 0.122. The first-order valence-corrected chi connectivity index (χ1v) is 7.88. The molecule has 0 bridgehead atoms. The third kappa shape index (κ3) is 2.75. The maximum atomic E-state index is 6.22. The average molecular weight is 330 g/mol. The maximum absolute atomic E-state index is 6.22. The number of hydrogen-bond acceptors (Lipinski definition) is 5. The van der Waals surface area contributed by atoms with Crippen molar-refractivity contribution in [2.24, 2.45) is 7.05 Å². The van der Waals surface area contributed by atoms with Gasteiger partial charge in [-0.05, 0) is 12.1 Å². The molecule has 1 aromatic carbocycles. The monoisotopic (exact) mass is 329 g/mol. The van der Waals surface area contributed by atoms with Gasteiger partial charge in [0.25, 0.3) is 0 Å². The number of hydrogen-bond donors (Lipinski definition) is 0. The van der Waals surface area contributed by atoms with Crippen molar-refractivity contribution in [1.29, 1.82) is 0 Å². The van der Waals surface area contributed by atoms with Gasteiger partial charge in [-0.25, -0.2) is 9.97 Å². The van der Waals surface area contributed by atoms with E-state index in [2.05, 4.69) is 26.0 Å². The van der Waals surface area contributed by atoms with Crippen molar-refractivity contribution in [2.45, 2.75) is 0 Å². The molecule has 1 fully saturated rings. The van der Waals surface area contributed by atoms with E-state index in [0.29, 0.717) is 24.3 Å². The van der Waals surface area contributed by atoms with Crippen LogP contribution in [-0.2, 0) is 11.8 Å². The Balaban J connectivity index is 1.75. The molecular formula is C16H16ClN5O. The molecule has 0 N–H and O–H groups in total. The van der Waals surface area contributed by atoms with Gasteiger partial charge in [-0.2, -0.15) is 5.10 Å². The lowest BCUT2D eigenvalue weighted by Crippen LogP contribution is -2.37. The number of rotatable bonds is 2. The molecular weight excluding hydrogens is 314 g/mol. The fraction of sp³-hybridized carbons (Fsp3) is 0.312. The van der Waals surface area contributed by atoms with Crippen LogP contribution in [0.2, 0.25) is 5.15 Å². The Morgan fingerprint density at radius 2 is 1.96 bits per heavy atom. The number of ether oxygens (including phenoxy) is 1. The molecule has 1 saturated heterocycles. The first-order valence-electron chi connectivity index (χ1n) is 7.50. The summed E-state index contributed by atoms with van der Waals surface area (Å²) in [6, 6.07) is 7.95. The second-order valence-corrected chi connectivity index (χ2v) is 5.90. The highest BCUT2D eigenvalue weighted by molar-refractivity contribution is 6.29. The van der Waals surface area contributed by atoms with Crippen LogP contribution in [0, 0.1) is 0 Å². The third-order valence-corrected chi connectivity index (χ3v) is 4.21. The number of aryl methyl sites for hydroxylation is 1. The van der Waals surface area contributed by atoms with Gasteiger partial charge in [0.1, 0.15) is 5.15 Å². The molecule has 1 aliphatic rings. The summed E-state index contributed by atoms with van der Waals surface area (Å²) in [6.45, 7) is 2.93. The van der Waals surface area contributed by atoms with E-state index in [1.807, 2.05) is 30.1 Å². The van der Waals surface area contributed by atoms with E-state index < -0.39 is 0 Å². The van der Waals surface area contributed by atoms with Crippen molar-refractivity contribution in [2.75, 3.05) is 31.2 Å². The van der Waals surface area contributed by atoms with E-state index in [0.717, 1.165) is 35.2 Å². The predicted octanol–water partition coefficient (Wildman–Crippen LogP) is 2.52. The highest BCUT2D eigenvalue weighted by Gasteiger charge is 2.16. The lowest BCUT2D eigenvalue weighted by atomic mass is 10.1. The van der Waals surface area contributed by atoms with E-state index in [9.17, 15) is 0 Å². The van der Waals surface area contributed by atoms with Crippen molar-refractivity contribution in [3.05, 3.63) is 35.6 Å². The minimum atomic E-state index is 0.447. The standard InChI is InChI=1S/C16H16ClN5O/c1-21-14-3-2-11(8-12(14)10-18-21)13-9-15(17)20-16(19-13)22-4-6-23-7-5-22/h2-3,8-10H,4-7H2,1H3. The molecule has 4 rings (SSSR count). The van der Waals surface area contributed by atoms with Crippen LogP contribution in [0.1, 0.15) is 0 Å². The highest BCUT2D eigenvalue weighted by Crippen LogP contribution is 2.26. The van der Waals surface area contributed by atoms with Crippen LogP contribution in [-0.4, -0.2) is 46.1 Å². The van der Waals surface area contributed by atoms with E-state index in [1.165, 1.54) is 0 Å². The van der Waals surface area contributed by atoms with Crippen LogP contribution < -0.4 is 4.90 Å². The van der Waals surface area contributed by atoms with Crippen LogP contribution in [0.25, 0.3) is 22.2 Å². The molecule has 0 atom stereocenters. The fourth-order valence-electron chi connectivity index (χ4n) is 2.78. The number of nitrogens with zero attached hydrogens (tertiary/aromatic N) is 5. The minimum absolute atomic E-state index is 0.447. The van der Waals surface area contributed by atoms with Gasteiger partial charge in [0.2, 0.25) is 5.95 Å². The molecule has 3 heterocycles. The summed E-state index contributed by atoms with van der Waals surface area (Å²) in [4.78, 5) is 11.1. The minimum Gasteiger partial charge on any atom is -0.378 e. The SMILES string of the molecule is Cn1ncc2cc(-c3cc(Cl)nc(N4CCOCC4)n3)ccc21. The Kier molecular flexibility index (Phi) is 3.63. The number of anilines is 1. The van der Waals surface area contributed by atoms with Gasteiger partial charge >= 0.3 is 0 Å². The van der Waals surface area contributed by atoms with Gasteiger partial charge < -0.3 is 9.64 Å². The molecule has 1 aliphatic heterocycles. The quantitative estimate of drug-likeness (QED) is 0.676. The summed E-state index contributed by atoms with van der Waals surface area (Å²) in [7, 11) is 1.93. The molecule has 0 aliphatic carbocycles.